The number of piperazine rings is 1. The first-order chi connectivity index (χ1) is 19.4. The Hall–Kier alpha value is -3.47. The number of halogens is 1. The van der Waals surface area contributed by atoms with Crippen LogP contribution in [0.15, 0.2) is 53.7 Å². The maximum absolute atomic E-state index is 15.0. The molecule has 3 heterocycles. The van der Waals surface area contributed by atoms with Gasteiger partial charge in [0.15, 0.2) is 15.6 Å². The minimum absolute atomic E-state index is 0.0488. The van der Waals surface area contributed by atoms with E-state index >= 15 is 4.39 Å². The zero-order valence-corrected chi connectivity index (χ0v) is 24.9. The van der Waals surface area contributed by atoms with Crippen molar-refractivity contribution in [3.63, 3.8) is 0 Å². The van der Waals surface area contributed by atoms with E-state index in [2.05, 4.69) is 33.7 Å². The summed E-state index contributed by atoms with van der Waals surface area (Å²) in [6, 6.07) is 10.4. The lowest BCUT2D eigenvalue weighted by Crippen LogP contribution is -2.55. The Bertz CT molecular complexity index is 1720. The number of carbonyl (C=O) groups is 1. The number of H-pyrrole nitrogens is 1. The van der Waals surface area contributed by atoms with Gasteiger partial charge in [0.2, 0.25) is 0 Å². The van der Waals surface area contributed by atoms with Crippen molar-refractivity contribution in [2.75, 3.05) is 32.9 Å². The largest absolute Gasteiger partial charge is 0.360 e. The van der Waals surface area contributed by atoms with Gasteiger partial charge in [0.05, 0.1) is 11.7 Å². The molecule has 0 unspecified atom stereocenters. The molecule has 5 rings (SSSR count). The molecule has 41 heavy (non-hydrogen) atoms. The van der Waals surface area contributed by atoms with Crippen molar-refractivity contribution in [1.82, 2.24) is 24.8 Å². The Labute approximate surface area is 240 Å². The lowest BCUT2D eigenvalue weighted by Gasteiger charge is -2.41. The second-order valence-corrected chi connectivity index (χ2v) is 13.2. The highest BCUT2D eigenvalue weighted by atomic mass is 32.2. The topological polar surface area (TPSA) is 99.3 Å². The van der Waals surface area contributed by atoms with Crippen molar-refractivity contribution >= 4 is 26.5 Å². The second-order valence-electron chi connectivity index (χ2n) is 11.2. The third kappa shape index (κ3) is 5.95. The normalized spacial score (nSPS) is 17.7. The first kappa shape index (κ1) is 29.0. The standard InChI is InChI=1S/C31H36FN5O3S/c1-19-16-33-28(15-22-8-7-11-27(29(22)32)41(5,39)40)35-30(19)25-17-34-31-23(9-6-10-24(25)31)14-26(38)21(3)37-13-12-36(4)18-20(37)2/h6-11,16-17,20-21,34H,12-15,18H2,1-5H3/t20-,21-/m0/s1. The Morgan fingerprint density at radius 1 is 1.17 bits per heavy atom. The molecule has 1 aliphatic rings. The highest BCUT2D eigenvalue weighted by molar-refractivity contribution is 7.90. The van der Waals surface area contributed by atoms with Gasteiger partial charge in [0.1, 0.15) is 16.5 Å². The number of Topliss-reactive ketones (excluding diaryl/α,β-unsaturated/α-hetero) is 1. The van der Waals surface area contributed by atoms with Gasteiger partial charge in [0, 0.05) is 73.6 Å². The van der Waals surface area contributed by atoms with Crippen LogP contribution >= 0.6 is 0 Å². The summed E-state index contributed by atoms with van der Waals surface area (Å²) in [5, 5.41) is 0.939. The van der Waals surface area contributed by atoms with E-state index in [1.807, 2.05) is 38.2 Å². The van der Waals surface area contributed by atoms with Crippen LogP contribution in [0.1, 0.15) is 36.4 Å². The molecule has 1 N–H and O–H groups in total. The Balaban J connectivity index is 1.42. The average molecular weight is 578 g/mol. The predicted octanol–water partition coefficient (Wildman–Crippen LogP) is 4.20. The van der Waals surface area contributed by atoms with Gasteiger partial charge in [-0.1, -0.05) is 30.3 Å². The van der Waals surface area contributed by atoms with E-state index in [9.17, 15) is 13.2 Å². The number of rotatable bonds is 8. The molecule has 2 atom stereocenters. The van der Waals surface area contributed by atoms with E-state index in [-0.39, 0.29) is 28.7 Å². The van der Waals surface area contributed by atoms with E-state index in [0.29, 0.717) is 24.0 Å². The minimum Gasteiger partial charge on any atom is -0.360 e. The fourth-order valence-corrected chi connectivity index (χ4v) is 6.58. The zero-order valence-electron chi connectivity index (χ0n) is 24.1. The Morgan fingerprint density at radius 2 is 1.90 bits per heavy atom. The molecule has 8 nitrogen and oxygen atoms in total. The van der Waals surface area contributed by atoms with E-state index in [0.717, 1.165) is 53.5 Å². The first-order valence-corrected chi connectivity index (χ1v) is 15.7. The molecular formula is C31H36FN5O3S. The Morgan fingerprint density at radius 3 is 2.63 bits per heavy atom. The maximum atomic E-state index is 15.0. The van der Waals surface area contributed by atoms with Crippen LogP contribution in [0.3, 0.4) is 0 Å². The van der Waals surface area contributed by atoms with E-state index in [4.69, 9.17) is 4.98 Å². The lowest BCUT2D eigenvalue weighted by molar-refractivity contribution is -0.124. The number of carbonyl (C=O) groups excluding carboxylic acids is 1. The van der Waals surface area contributed by atoms with Crippen molar-refractivity contribution < 1.29 is 17.6 Å². The summed E-state index contributed by atoms with van der Waals surface area (Å²) in [6.45, 7) is 8.86. The third-order valence-corrected chi connectivity index (χ3v) is 9.19. The number of para-hydroxylation sites is 1. The van der Waals surface area contributed by atoms with Crippen molar-refractivity contribution in [3.8, 4) is 11.3 Å². The van der Waals surface area contributed by atoms with Crippen molar-refractivity contribution in [2.45, 2.75) is 50.6 Å². The number of sulfone groups is 1. The van der Waals surface area contributed by atoms with Crippen LogP contribution in [-0.4, -0.2) is 84.0 Å². The number of aromatic amines is 1. The molecule has 0 saturated carbocycles. The number of likely N-dealkylation sites (N-methyl/N-ethyl adjacent to an activating group) is 1. The smallest absolute Gasteiger partial charge is 0.178 e. The third-order valence-electron chi connectivity index (χ3n) is 8.08. The average Bonchev–Trinajstić information content (AvgIpc) is 3.35. The van der Waals surface area contributed by atoms with Gasteiger partial charge in [-0.25, -0.2) is 22.8 Å². The second kappa shape index (κ2) is 11.4. The summed E-state index contributed by atoms with van der Waals surface area (Å²) in [5.74, 6) is -0.211. The number of aryl methyl sites for hydroxylation is 1. The van der Waals surface area contributed by atoms with E-state index in [1.165, 1.54) is 12.1 Å². The van der Waals surface area contributed by atoms with Crippen LogP contribution in [0.2, 0.25) is 0 Å². The number of benzene rings is 2. The van der Waals surface area contributed by atoms with Crippen molar-refractivity contribution in [1.29, 1.82) is 0 Å². The molecular weight excluding hydrogens is 541 g/mol. The lowest BCUT2D eigenvalue weighted by atomic mass is 9.98. The maximum Gasteiger partial charge on any atom is 0.178 e. The number of nitrogens with zero attached hydrogens (tertiary/aromatic N) is 4. The monoisotopic (exact) mass is 577 g/mol. The summed E-state index contributed by atoms with van der Waals surface area (Å²) >= 11 is 0. The molecule has 1 saturated heterocycles. The van der Waals surface area contributed by atoms with Gasteiger partial charge in [-0.15, -0.1) is 0 Å². The molecule has 0 amide bonds. The molecule has 4 aromatic rings. The fraction of sp³-hybridized carbons (Fsp3) is 0.387. The number of fused-ring (bicyclic) bond motifs is 1. The molecule has 2 aromatic carbocycles. The van der Waals surface area contributed by atoms with Gasteiger partial charge in [-0.2, -0.15) is 0 Å². The van der Waals surface area contributed by atoms with Crippen molar-refractivity contribution in [2.24, 2.45) is 0 Å². The van der Waals surface area contributed by atoms with Crippen molar-refractivity contribution in [3.05, 3.63) is 77.1 Å². The number of nitrogens with one attached hydrogen (secondary N) is 1. The van der Waals surface area contributed by atoms with E-state index < -0.39 is 15.7 Å². The van der Waals surface area contributed by atoms with Gasteiger partial charge < -0.3 is 9.88 Å². The number of ketones is 1. The molecule has 0 spiro atoms. The fourth-order valence-electron chi connectivity index (χ4n) is 5.80. The highest BCUT2D eigenvalue weighted by Gasteiger charge is 2.29. The van der Waals surface area contributed by atoms with Crippen LogP contribution in [0.5, 0.6) is 0 Å². The molecule has 1 aliphatic heterocycles. The Kier molecular flexibility index (Phi) is 8.09. The molecule has 216 valence electrons. The van der Waals surface area contributed by atoms with Gasteiger partial charge in [0.25, 0.3) is 0 Å². The minimum atomic E-state index is -3.70. The summed E-state index contributed by atoms with van der Waals surface area (Å²) in [5.41, 5.74) is 4.44. The summed E-state index contributed by atoms with van der Waals surface area (Å²) in [7, 11) is -1.59. The SMILES string of the molecule is Cc1cnc(Cc2cccc(S(C)(=O)=O)c2F)nc1-c1c[nH]c2c(CC(=O)[C@H](C)N3CCN(C)C[C@@H]3C)cccc12. The van der Waals surface area contributed by atoms with Gasteiger partial charge in [-0.05, 0) is 50.6 Å². The number of aromatic nitrogens is 3. The molecule has 0 bridgehead atoms. The summed E-state index contributed by atoms with van der Waals surface area (Å²) < 4.78 is 39.0. The molecule has 2 aromatic heterocycles. The molecule has 10 heteroatoms. The number of hydrogen-bond donors (Lipinski definition) is 1. The first-order valence-electron chi connectivity index (χ1n) is 13.8. The van der Waals surface area contributed by atoms with Crippen LogP contribution in [-0.2, 0) is 27.5 Å². The molecule has 0 aliphatic carbocycles. The molecule has 1 fully saturated rings. The highest BCUT2D eigenvalue weighted by Crippen LogP contribution is 2.32. The van der Waals surface area contributed by atoms with Crippen LogP contribution in [0, 0.1) is 12.7 Å². The van der Waals surface area contributed by atoms with Gasteiger partial charge >= 0.3 is 0 Å². The quantitative estimate of drug-likeness (QED) is 0.335. The summed E-state index contributed by atoms with van der Waals surface area (Å²) in [6.07, 6.45) is 4.94. The van der Waals surface area contributed by atoms with Crippen LogP contribution < -0.4 is 0 Å². The zero-order chi connectivity index (χ0) is 29.5. The predicted molar refractivity (Wildman–Crippen MR) is 158 cm³/mol. The van der Waals surface area contributed by atoms with E-state index in [1.54, 1.807) is 12.3 Å². The summed E-state index contributed by atoms with van der Waals surface area (Å²) in [4.78, 5) is 30.2. The number of hydrogen-bond acceptors (Lipinski definition) is 7. The molecule has 0 radical (unpaired) electrons. The van der Waals surface area contributed by atoms with Gasteiger partial charge in [-0.3, -0.25) is 9.69 Å². The van der Waals surface area contributed by atoms with Crippen LogP contribution in [0.4, 0.5) is 4.39 Å². The van der Waals surface area contributed by atoms with Crippen LogP contribution in [0.25, 0.3) is 22.2 Å².